The Labute approximate surface area is 432 Å². The maximum absolute atomic E-state index is 12.6. The van der Waals surface area contributed by atoms with Crippen LogP contribution in [-0.4, -0.2) is 54.9 Å². The summed E-state index contributed by atoms with van der Waals surface area (Å²) in [5.41, 5.74) is 1.12. The fourth-order valence-electron chi connectivity index (χ4n) is 9.01. The van der Waals surface area contributed by atoms with E-state index in [9.17, 15) is 24.3 Å². The Balaban J connectivity index is 0.000000407. The number of rotatable bonds is 23. The van der Waals surface area contributed by atoms with Gasteiger partial charge < -0.3 is 39.4 Å². The second-order valence-corrected chi connectivity index (χ2v) is 21.2. The van der Waals surface area contributed by atoms with Crippen molar-refractivity contribution in [2.75, 3.05) is 14.2 Å². The van der Waals surface area contributed by atoms with E-state index in [1.807, 2.05) is 6.07 Å². The first-order valence-corrected chi connectivity index (χ1v) is 26.7. The third-order valence-electron chi connectivity index (χ3n) is 13.2. The number of halogens is 1. The summed E-state index contributed by atoms with van der Waals surface area (Å²) in [6.07, 6.45) is 21.3. The summed E-state index contributed by atoms with van der Waals surface area (Å²) in [6, 6.07) is 10.4. The van der Waals surface area contributed by atoms with Crippen LogP contribution < -0.4 is 24.8 Å². The number of ether oxygens (including phenoxy) is 5. The van der Waals surface area contributed by atoms with Gasteiger partial charge in [0.2, 0.25) is 11.8 Å². The predicted molar refractivity (Wildman–Crippen MR) is 286 cm³/mol. The second kappa shape index (κ2) is 34.6. The monoisotopic (exact) mass is 1010 g/mol. The minimum atomic E-state index is -0.697. The quantitative estimate of drug-likeness (QED) is 0.0322. The van der Waals surface area contributed by atoms with Crippen molar-refractivity contribution in [1.29, 1.82) is 0 Å². The first-order valence-electron chi connectivity index (χ1n) is 26.4. The minimum Gasteiger partial charge on any atom is -0.504 e. The lowest BCUT2D eigenvalue weighted by atomic mass is 9.75. The average molecular weight is 1010 g/mol. The van der Waals surface area contributed by atoms with E-state index in [-0.39, 0.29) is 29.8 Å². The molecule has 12 nitrogen and oxygen atoms in total. The van der Waals surface area contributed by atoms with Gasteiger partial charge in [-0.25, -0.2) is 9.59 Å². The summed E-state index contributed by atoms with van der Waals surface area (Å²) in [4.78, 5) is 47.2. The van der Waals surface area contributed by atoms with E-state index < -0.39 is 11.6 Å². The van der Waals surface area contributed by atoms with Gasteiger partial charge in [-0.15, -0.1) is 0 Å². The van der Waals surface area contributed by atoms with Gasteiger partial charge in [0.15, 0.2) is 23.0 Å². The molecule has 2 aliphatic carbocycles. The molecule has 2 aliphatic rings. The molecule has 0 aliphatic heterocycles. The minimum absolute atomic E-state index is 0.0297. The molecule has 13 heteroatoms. The van der Waals surface area contributed by atoms with E-state index in [1.54, 1.807) is 30.3 Å². The third-order valence-corrected chi connectivity index (χ3v) is 13.2. The number of allylic oxidation sites excluding steroid dienone is 4. The van der Waals surface area contributed by atoms with Gasteiger partial charge in [0.05, 0.1) is 14.2 Å². The maximum atomic E-state index is 12.6. The maximum Gasteiger partial charge on any atom is 0.514 e. The molecule has 6 atom stereocenters. The van der Waals surface area contributed by atoms with E-state index >= 15 is 0 Å². The van der Waals surface area contributed by atoms with Gasteiger partial charge in [0.25, 0.3) is 0 Å². The number of phenolic OH excluding ortho intramolecular Hbond substituents is 1. The SMILES string of the molecule is CC(C)[C@@H]1CC[C@@H](C)CC1OC(=O)Cl.COc1cc(CNC(=O)CCCC/C=C/C(C)C)ccc1O.COc1cc(CNC(=O)CCCC/C=C/C(C)C)ccc1OC(=O)OC1C[C@H](C)CC[C@H]1C(C)C. The van der Waals surface area contributed by atoms with Crippen LogP contribution in [0.15, 0.2) is 60.7 Å². The zero-order valence-corrected chi connectivity index (χ0v) is 46.1. The molecule has 2 saturated carbocycles. The molecule has 0 radical (unpaired) electrons. The molecule has 0 aromatic heterocycles. The topological polar surface area (TPSA) is 159 Å². The van der Waals surface area contributed by atoms with Crippen molar-refractivity contribution in [3.63, 3.8) is 0 Å². The molecule has 71 heavy (non-hydrogen) atoms. The smallest absolute Gasteiger partial charge is 0.504 e. The molecule has 0 spiro atoms. The number of carbonyl (C=O) groups is 4. The Morgan fingerprint density at radius 3 is 1.52 bits per heavy atom. The molecule has 0 bridgehead atoms. The summed E-state index contributed by atoms with van der Waals surface area (Å²) in [7, 11) is 3.03. The number of methoxy groups -OCH3 is 2. The number of carbonyl (C=O) groups excluding carboxylic acids is 4. The summed E-state index contributed by atoms with van der Waals surface area (Å²) < 4.78 is 26.9. The van der Waals surface area contributed by atoms with E-state index in [2.05, 4.69) is 104 Å². The van der Waals surface area contributed by atoms with Crippen LogP contribution in [0.2, 0.25) is 0 Å². The molecule has 2 fully saturated rings. The van der Waals surface area contributed by atoms with Gasteiger partial charge in [-0.2, -0.15) is 0 Å². The number of phenols is 1. The molecule has 4 rings (SSSR count). The fourth-order valence-corrected chi connectivity index (χ4v) is 9.12. The largest absolute Gasteiger partial charge is 0.514 e. The highest BCUT2D eigenvalue weighted by Gasteiger charge is 2.35. The van der Waals surface area contributed by atoms with Crippen molar-refractivity contribution in [2.45, 2.75) is 184 Å². The van der Waals surface area contributed by atoms with Crippen LogP contribution in [0.4, 0.5) is 9.59 Å². The van der Waals surface area contributed by atoms with Crippen LogP contribution in [0.3, 0.4) is 0 Å². The molecular weight excluding hydrogens is 920 g/mol. The zero-order valence-electron chi connectivity index (χ0n) is 45.4. The molecule has 2 unspecified atom stereocenters. The molecule has 400 valence electrons. The number of benzene rings is 2. The van der Waals surface area contributed by atoms with Crippen LogP contribution in [0.5, 0.6) is 23.0 Å². The van der Waals surface area contributed by atoms with Crippen molar-refractivity contribution < 1.29 is 48.0 Å². The Hall–Kier alpha value is -4.71. The molecule has 2 amide bonds. The summed E-state index contributed by atoms with van der Waals surface area (Å²) in [5.74, 6) is 5.53. The van der Waals surface area contributed by atoms with Crippen LogP contribution in [0.1, 0.15) is 170 Å². The lowest BCUT2D eigenvalue weighted by Gasteiger charge is -2.36. The highest BCUT2D eigenvalue weighted by atomic mass is 35.5. The van der Waals surface area contributed by atoms with E-state index in [0.717, 1.165) is 75.3 Å². The van der Waals surface area contributed by atoms with Crippen LogP contribution in [0.25, 0.3) is 0 Å². The second-order valence-electron chi connectivity index (χ2n) is 20.9. The molecular formula is C58H91ClN2O10. The number of unbranched alkanes of at least 4 members (excludes halogenated alkanes) is 4. The molecule has 3 N–H and O–H groups in total. The van der Waals surface area contributed by atoms with Crippen molar-refractivity contribution >= 4 is 35.0 Å². The number of nitrogens with one attached hydrogen (secondary N) is 2. The van der Waals surface area contributed by atoms with Crippen molar-refractivity contribution in [3.8, 4) is 23.0 Å². The van der Waals surface area contributed by atoms with Gasteiger partial charge in [0, 0.05) is 37.5 Å². The van der Waals surface area contributed by atoms with Crippen molar-refractivity contribution in [2.24, 2.45) is 47.3 Å². The summed E-state index contributed by atoms with van der Waals surface area (Å²) in [6.45, 7) is 22.6. The Morgan fingerprint density at radius 1 is 0.634 bits per heavy atom. The summed E-state index contributed by atoms with van der Waals surface area (Å²) >= 11 is 5.27. The number of hydrogen-bond donors (Lipinski definition) is 3. The first-order chi connectivity index (χ1) is 33.7. The van der Waals surface area contributed by atoms with Gasteiger partial charge in [0.1, 0.15) is 12.2 Å². The van der Waals surface area contributed by atoms with Gasteiger partial charge in [-0.3, -0.25) is 9.59 Å². The lowest BCUT2D eigenvalue weighted by molar-refractivity contribution is -0.122. The molecule has 2 aromatic rings. The Morgan fingerprint density at radius 2 is 1.08 bits per heavy atom. The van der Waals surface area contributed by atoms with Gasteiger partial charge in [-0.05, 0) is 147 Å². The number of amides is 2. The Bertz CT molecular complexity index is 1930. The first kappa shape index (κ1) is 62.4. The fraction of sp³-hybridized carbons (Fsp3) is 0.655. The highest BCUT2D eigenvalue weighted by molar-refractivity contribution is 6.61. The van der Waals surface area contributed by atoms with Crippen LogP contribution >= 0.6 is 11.6 Å². The van der Waals surface area contributed by atoms with E-state index in [4.69, 9.17) is 35.3 Å². The highest BCUT2D eigenvalue weighted by Crippen LogP contribution is 2.37. The number of hydrogen-bond acceptors (Lipinski definition) is 10. The zero-order chi connectivity index (χ0) is 52.9. The van der Waals surface area contributed by atoms with Gasteiger partial charge >= 0.3 is 11.6 Å². The van der Waals surface area contributed by atoms with Crippen LogP contribution in [-0.2, 0) is 32.2 Å². The molecule has 0 heterocycles. The molecule has 2 aromatic carbocycles. The average Bonchev–Trinajstić information content (AvgIpc) is 3.30. The Kier molecular flexibility index (Phi) is 30.4. The van der Waals surface area contributed by atoms with E-state index in [0.29, 0.717) is 90.5 Å². The van der Waals surface area contributed by atoms with E-state index in [1.165, 1.54) is 27.1 Å². The molecule has 0 saturated heterocycles. The summed E-state index contributed by atoms with van der Waals surface area (Å²) in [5, 5.41) is 15.3. The normalized spacial score (nSPS) is 20.0. The van der Waals surface area contributed by atoms with Crippen molar-refractivity contribution in [3.05, 3.63) is 71.8 Å². The third kappa shape index (κ3) is 26.5. The predicted octanol–water partition coefficient (Wildman–Crippen LogP) is 14.7. The standard InChI is InChI=1S/C29H45NO5.C18H27NO3.C11H19ClO2/c1-20(2)11-9-7-8-10-12-28(31)30-19-23-14-16-25(27(18-23)33-6)34-29(32)35-26-17-22(5)13-15-24(26)21(3)4;1-14(2)8-6-4-5-7-9-18(21)19-13-15-10-11-16(20)17(12-15)22-3;1-7(2)9-5-4-8(3)6-10(9)14-11(12)13/h9,11,14,16,18,20-22,24,26H,7-8,10,12-13,15,17,19H2,1-6H3,(H,30,31);6,8,10-12,14,20H,4-5,7,9,13H2,1-3H3,(H,19,21);7-10H,4-6H2,1-3H3/b11-9+;8-6+;/t22-,24+,26?;;8-,9+,10?/m1.1/s1. The van der Waals surface area contributed by atoms with Gasteiger partial charge in [-0.1, -0.05) is 119 Å². The van der Waals surface area contributed by atoms with Crippen LogP contribution in [0, 0.1) is 47.3 Å². The van der Waals surface area contributed by atoms with Crippen molar-refractivity contribution in [1.82, 2.24) is 10.6 Å². The lowest BCUT2D eigenvalue weighted by Crippen LogP contribution is -2.36. The number of aromatic hydroxyl groups is 1.